The highest BCUT2D eigenvalue weighted by atomic mass is 16.7. The van der Waals surface area contributed by atoms with Crippen LogP contribution in [0.15, 0.2) is 76.4 Å². The van der Waals surface area contributed by atoms with Gasteiger partial charge in [0, 0.05) is 25.3 Å². The molecule has 0 bridgehead atoms. The van der Waals surface area contributed by atoms with Gasteiger partial charge in [-0.05, 0) is 18.1 Å². The van der Waals surface area contributed by atoms with Crippen molar-refractivity contribution in [1.82, 2.24) is 9.55 Å². The Morgan fingerprint density at radius 1 is 0.973 bits per heavy atom. The molecule has 9 nitrogen and oxygen atoms in total. The lowest BCUT2D eigenvalue weighted by Crippen LogP contribution is -2.49. The van der Waals surface area contributed by atoms with Crippen molar-refractivity contribution in [2.45, 2.75) is 56.7 Å². The topological polar surface area (TPSA) is 101 Å². The van der Waals surface area contributed by atoms with Crippen LogP contribution in [-0.4, -0.2) is 53.8 Å². The molecule has 0 spiro atoms. The first-order chi connectivity index (χ1) is 18.0. The predicted octanol–water partition coefficient (Wildman–Crippen LogP) is 2.72. The lowest BCUT2D eigenvalue weighted by atomic mass is 9.89. The first kappa shape index (κ1) is 25.6. The van der Waals surface area contributed by atoms with Crippen molar-refractivity contribution in [2.75, 3.05) is 20.3 Å². The van der Waals surface area contributed by atoms with Gasteiger partial charge in [0.05, 0.1) is 32.5 Å². The van der Waals surface area contributed by atoms with E-state index in [-0.39, 0.29) is 12.7 Å². The number of benzene rings is 2. The molecule has 3 aromatic rings. The van der Waals surface area contributed by atoms with Crippen molar-refractivity contribution in [2.24, 2.45) is 0 Å². The molecule has 3 heterocycles. The largest absolute Gasteiger partial charge is 0.382 e. The van der Waals surface area contributed by atoms with Crippen LogP contribution in [0.1, 0.15) is 29.3 Å². The monoisotopic (exact) mass is 508 g/mol. The number of aromatic nitrogens is 2. The lowest BCUT2D eigenvalue weighted by molar-refractivity contribution is -0.134. The van der Waals surface area contributed by atoms with Gasteiger partial charge < -0.3 is 23.7 Å². The Kier molecular flexibility index (Phi) is 7.68. The molecule has 2 aliphatic rings. The maximum atomic E-state index is 12.8. The minimum Gasteiger partial charge on any atom is -0.382 e. The number of hydrogen-bond acceptors (Lipinski definition) is 7. The molecule has 2 saturated heterocycles. The summed E-state index contributed by atoms with van der Waals surface area (Å²) >= 11 is 0. The fourth-order valence-electron chi connectivity index (χ4n) is 5.16. The number of ether oxygens (including phenoxy) is 5. The lowest BCUT2D eigenvalue weighted by Gasteiger charge is -2.32. The minimum atomic E-state index is -0.899. The molecular formula is C28H32N2O7. The molecule has 1 aromatic heterocycles. The molecule has 0 radical (unpaired) electrons. The van der Waals surface area contributed by atoms with Crippen LogP contribution in [0, 0.1) is 6.92 Å². The summed E-state index contributed by atoms with van der Waals surface area (Å²) in [5.41, 5.74) is 0.550. The van der Waals surface area contributed by atoms with E-state index in [4.69, 9.17) is 23.7 Å². The molecule has 5 rings (SSSR count). The fourth-order valence-corrected chi connectivity index (χ4v) is 5.16. The molecule has 0 aliphatic carbocycles. The van der Waals surface area contributed by atoms with Crippen molar-refractivity contribution in [1.29, 1.82) is 0 Å². The zero-order valence-electron chi connectivity index (χ0n) is 21.0. The van der Waals surface area contributed by atoms with Crippen LogP contribution in [-0.2, 0) is 36.9 Å². The molecular weight excluding hydrogens is 476 g/mol. The van der Waals surface area contributed by atoms with Crippen LogP contribution in [0.3, 0.4) is 0 Å². The Bertz CT molecular complexity index is 1290. The number of methoxy groups -OCH3 is 1. The molecule has 0 saturated carbocycles. The number of aromatic amines is 1. The number of H-pyrrole nitrogens is 1. The summed E-state index contributed by atoms with van der Waals surface area (Å²) in [6.07, 6.45) is -0.209. The molecule has 0 amide bonds. The maximum absolute atomic E-state index is 12.8. The van der Waals surface area contributed by atoms with E-state index in [1.807, 2.05) is 60.7 Å². The second-order valence-electron chi connectivity index (χ2n) is 9.56. The van der Waals surface area contributed by atoms with Crippen molar-refractivity contribution in [3.05, 3.63) is 104 Å². The number of nitrogens with one attached hydrogen (secondary N) is 1. The molecule has 2 aliphatic heterocycles. The van der Waals surface area contributed by atoms with Gasteiger partial charge >= 0.3 is 5.69 Å². The van der Waals surface area contributed by atoms with Gasteiger partial charge in [-0.2, -0.15) is 0 Å². The van der Waals surface area contributed by atoms with Crippen LogP contribution >= 0.6 is 0 Å². The van der Waals surface area contributed by atoms with Crippen LogP contribution in [0.5, 0.6) is 0 Å². The Labute approximate surface area is 214 Å². The summed E-state index contributed by atoms with van der Waals surface area (Å²) in [5.74, 6) is 0. The van der Waals surface area contributed by atoms with E-state index in [0.717, 1.165) is 11.1 Å². The Balaban J connectivity index is 1.47. The van der Waals surface area contributed by atoms with Crippen molar-refractivity contribution in [3.63, 3.8) is 0 Å². The summed E-state index contributed by atoms with van der Waals surface area (Å²) < 4.78 is 32.5. The van der Waals surface area contributed by atoms with Crippen LogP contribution in [0.25, 0.3) is 0 Å². The summed E-state index contributed by atoms with van der Waals surface area (Å²) in [5, 5.41) is 0. The van der Waals surface area contributed by atoms with Gasteiger partial charge in [0.25, 0.3) is 5.56 Å². The average molecular weight is 509 g/mol. The highest BCUT2D eigenvalue weighted by Gasteiger charge is 2.64. The zero-order chi connectivity index (χ0) is 25.8. The normalized spacial score (nSPS) is 26.9. The summed E-state index contributed by atoms with van der Waals surface area (Å²) in [7, 11) is 1.62. The number of aryl methyl sites for hydroxylation is 1. The molecule has 5 atom stereocenters. The van der Waals surface area contributed by atoms with E-state index in [1.165, 1.54) is 10.8 Å². The third-order valence-corrected chi connectivity index (χ3v) is 6.98. The molecule has 37 heavy (non-hydrogen) atoms. The van der Waals surface area contributed by atoms with E-state index in [0.29, 0.717) is 31.8 Å². The Morgan fingerprint density at radius 2 is 1.65 bits per heavy atom. The zero-order valence-corrected chi connectivity index (χ0v) is 21.0. The number of nitrogens with zero attached hydrogens (tertiary/aromatic N) is 1. The number of hydrogen-bond donors (Lipinski definition) is 1. The second-order valence-corrected chi connectivity index (χ2v) is 9.56. The van der Waals surface area contributed by atoms with Crippen molar-refractivity contribution in [3.8, 4) is 0 Å². The highest BCUT2D eigenvalue weighted by molar-refractivity contribution is 5.17. The van der Waals surface area contributed by atoms with Crippen molar-refractivity contribution >= 4 is 0 Å². The molecule has 196 valence electrons. The molecule has 2 aromatic carbocycles. The third-order valence-electron chi connectivity index (χ3n) is 6.98. The van der Waals surface area contributed by atoms with E-state index in [9.17, 15) is 9.59 Å². The first-order valence-electron chi connectivity index (χ1n) is 12.4. The van der Waals surface area contributed by atoms with E-state index in [2.05, 4.69) is 4.98 Å². The summed E-state index contributed by atoms with van der Waals surface area (Å²) in [6.45, 7) is 3.00. The molecule has 9 heteroatoms. The van der Waals surface area contributed by atoms with Gasteiger partial charge in [0.1, 0.15) is 17.8 Å². The Hall–Kier alpha value is -3.08. The van der Waals surface area contributed by atoms with Gasteiger partial charge in [0.2, 0.25) is 0 Å². The highest BCUT2D eigenvalue weighted by Crippen LogP contribution is 2.50. The van der Waals surface area contributed by atoms with E-state index < -0.39 is 35.3 Å². The Morgan fingerprint density at radius 3 is 2.32 bits per heavy atom. The van der Waals surface area contributed by atoms with E-state index in [1.54, 1.807) is 14.0 Å². The van der Waals surface area contributed by atoms with Crippen LogP contribution in [0.4, 0.5) is 0 Å². The maximum Gasteiger partial charge on any atom is 0.330 e. The quantitative estimate of drug-likeness (QED) is 0.449. The third kappa shape index (κ3) is 5.32. The number of rotatable bonds is 10. The number of fused-ring (bicyclic) bond motifs is 1. The molecule has 1 N–H and O–H groups in total. The first-order valence-corrected chi connectivity index (χ1v) is 12.4. The standard InChI is InChI=1S/C28H32N2O7/c1-19-14-30(27(32)29-25(19)31)26-24-28(13-22(36-24)17-33-2,35-16-21-11-7-4-8-12-21)23(37-26)18-34-15-20-9-5-3-6-10-20/h3-12,14,22-24,26H,13,15-18H2,1-2H3,(H,29,31,32)/t22-,23-,24-,26-,28-/m1/s1. The van der Waals surface area contributed by atoms with Gasteiger partial charge in [0.15, 0.2) is 6.23 Å². The minimum absolute atomic E-state index is 0.233. The van der Waals surface area contributed by atoms with Gasteiger partial charge in [-0.25, -0.2) is 4.79 Å². The molecule has 2 fully saturated rings. The van der Waals surface area contributed by atoms with E-state index >= 15 is 0 Å². The fraction of sp³-hybridized carbons (Fsp3) is 0.429. The van der Waals surface area contributed by atoms with Gasteiger partial charge in [-0.1, -0.05) is 60.7 Å². The average Bonchev–Trinajstić information content (AvgIpc) is 3.40. The molecule has 0 unspecified atom stereocenters. The SMILES string of the molecule is COC[C@H]1C[C@]2(OCc3ccccc3)[C@H](O1)[C@H](n1cc(C)c(=O)[nH]c1=O)O[C@@H]2COCc1ccccc1. The van der Waals surface area contributed by atoms with Gasteiger partial charge in [-0.15, -0.1) is 0 Å². The van der Waals surface area contributed by atoms with Crippen molar-refractivity contribution < 1.29 is 23.7 Å². The van der Waals surface area contributed by atoms with Crippen LogP contribution in [0.2, 0.25) is 0 Å². The summed E-state index contributed by atoms with van der Waals surface area (Å²) in [6, 6.07) is 19.8. The smallest absolute Gasteiger partial charge is 0.330 e. The van der Waals surface area contributed by atoms with Gasteiger partial charge in [-0.3, -0.25) is 14.3 Å². The second kappa shape index (κ2) is 11.1. The predicted molar refractivity (Wildman–Crippen MR) is 135 cm³/mol. The summed E-state index contributed by atoms with van der Waals surface area (Å²) in [4.78, 5) is 27.2. The van der Waals surface area contributed by atoms with Crippen LogP contribution < -0.4 is 11.2 Å².